The van der Waals surface area contributed by atoms with E-state index in [2.05, 4.69) is 26.8 Å². The summed E-state index contributed by atoms with van der Waals surface area (Å²) in [6.45, 7) is 6.38. The van der Waals surface area contributed by atoms with Crippen LogP contribution in [0.4, 0.5) is 0 Å². The monoisotopic (exact) mass is 232 g/mol. The lowest BCUT2D eigenvalue weighted by molar-refractivity contribution is 0.135. The molecule has 1 heterocycles. The molecule has 0 fully saturated rings. The lowest BCUT2D eigenvalue weighted by Crippen LogP contribution is -1.98. The number of furan rings is 1. The number of fused-ring (bicyclic) bond motifs is 1. The fourth-order valence-electron chi connectivity index (χ4n) is 1.98. The first-order valence-electron chi connectivity index (χ1n) is 6.24. The second-order valence-electron chi connectivity index (χ2n) is 5.18. The van der Waals surface area contributed by atoms with E-state index in [0.29, 0.717) is 11.7 Å². The Balaban J connectivity index is 2.18. The second kappa shape index (κ2) is 4.92. The SMILES string of the molecule is Cc1ccc2oc(C(O)CCC(C)C)cc2c1. The van der Waals surface area contributed by atoms with E-state index in [-0.39, 0.29) is 0 Å². The van der Waals surface area contributed by atoms with Crippen LogP contribution >= 0.6 is 0 Å². The van der Waals surface area contributed by atoms with Gasteiger partial charge in [-0.25, -0.2) is 0 Å². The van der Waals surface area contributed by atoms with E-state index in [1.165, 1.54) is 5.56 Å². The first-order valence-corrected chi connectivity index (χ1v) is 6.24. The third-order valence-corrected chi connectivity index (χ3v) is 3.04. The van der Waals surface area contributed by atoms with Crippen LogP contribution in [-0.2, 0) is 0 Å². The zero-order valence-corrected chi connectivity index (χ0v) is 10.7. The van der Waals surface area contributed by atoms with Crippen molar-refractivity contribution < 1.29 is 9.52 Å². The summed E-state index contributed by atoms with van der Waals surface area (Å²) in [5.41, 5.74) is 2.07. The van der Waals surface area contributed by atoms with Gasteiger partial charge in [-0.05, 0) is 43.9 Å². The minimum Gasteiger partial charge on any atom is -0.458 e. The molecule has 0 aliphatic heterocycles. The number of rotatable bonds is 4. The van der Waals surface area contributed by atoms with Gasteiger partial charge in [0, 0.05) is 5.39 Å². The maximum atomic E-state index is 10.0. The maximum Gasteiger partial charge on any atom is 0.134 e. The van der Waals surface area contributed by atoms with E-state index in [4.69, 9.17) is 4.42 Å². The molecule has 2 nitrogen and oxygen atoms in total. The van der Waals surface area contributed by atoms with Gasteiger partial charge in [-0.2, -0.15) is 0 Å². The molecule has 1 aromatic heterocycles. The lowest BCUT2D eigenvalue weighted by Gasteiger charge is -2.08. The summed E-state index contributed by atoms with van der Waals surface area (Å²) in [7, 11) is 0. The molecule has 1 aromatic carbocycles. The number of aryl methyl sites for hydroxylation is 1. The molecule has 0 saturated heterocycles. The molecule has 92 valence electrons. The van der Waals surface area contributed by atoms with E-state index in [1.807, 2.05) is 18.2 Å². The molecule has 1 unspecified atom stereocenters. The van der Waals surface area contributed by atoms with Crippen molar-refractivity contribution in [3.63, 3.8) is 0 Å². The fraction of sp³-hybridized carbons (Fsp3) is 0.467. The molecule has 0 saturated carbocycles. The van der Waals surface area contributed by atoms with Gasteiger partial charge in [0.1, 0.15) is 17.4 Å². The van der Waals surface area contributed by atoms with Crippen LogP contribution in [0.2, 0.25) is 0 Å². The van der Waals surface area contributed by atoms with Gasteiger partial charge in [-0.3, -0.25) is 0 Å². The Bertz CT molecular complexity index is 497. The van der Waals surface area contributed by atoms with Crippen molar-refractivity contribution in [2.24, 2.45) is 5.92 Å². The van der Waals surface area contributed by atoms with Crippen molar-refractivity contribution in [1.29, 1.82) is 0 Å². The zero-order valence-electron chi connectivity index (χ0n) is 10.7. The van der Waals surface area contributed by atoms with Gasteiger partial charge in [0.2, 0.25) is 0 Å². The molecule has 1 N–H and O–H groups in total. The number of hydrogen-bond donors (Lipinski definition) is 1. The van der Waals surface area contributed by atoms with Crippen LogP contribution in [0, 0.1) is 12.8 Å². The molecule has 2 heteroatoms. The highest BCUT2D eigenvalue weighted by atomic mass is 16.4. The van der Waals surface area contributed by atoms with Crippen LogP contribution in [0.25, 0.3) is 11.0 Å². The largest absolute Gasteiger partial charge is 0.458 e. The Morgan fingerprint density at radius 1 is 1.18 bits per heavy atom. The van der Waals surface area contributed by atoms with Crippen molar-refractivity contribution in [3.8, 4) is 0 Å². The molecular weight excluding hydrogens is 212 g/mol. The Hall–Kier alpha value is -1.28. The van der Waals surface area contributed by atoms with E-state index in [1.54, 1.807) is 0 Å². The second-order valence-corrected chi connectivity index (χ2v) is 5.18. The van der Waals surface area contributed by atoms with Crippen LogP contribution < -0.4 is 0 Å². The fourth-order valence-corrected chi connectivity index (χ4v) is 1.98. The molecule has 0 amide bonds. The van der Waals surface area contributed by atoms with Gasteiger partial charge in [0.15, 0.2) is 0 Å². The standard InChI is InChI=1S/C15H20O2/c1-10(2)4-6-13(16)15-9-12-8-11(3)5-7-14(12)17-15/h5,7-10,13,16H,4,6H2,1-3H3. The highest BCUT2D eigenvalue weighted by Crippen LogP contribution is 2.27. The third kappa shape index (κ3) is 2.89. The van der Waals surface area contributed by atoms with Crippen molar-refractivity contribution in [1.82, 2.24) is 0 Å². The normalized spacial score (nSPS) is 13.5. The molecule has 0 spiro atoms. The molecule has 0 aliphatic rings. The van der Waals surface area contributed by atoms with Gasteiger partial charge in [0.05, 0.1) is 0 Å². The molecule has 0 aliphatic carbocycles. The average Bonchev–Trinajstić information content (AvgIpc) is 2.68. The summed E-state index contributed by atoms with van der Waals surface area (Å²) in [4.78, 5) is 0. The summed E-state index contributed by atoms with van der Waals surface area (Å²) >= 11 is 0. The van der Waals surface area contributed by atoms with Gasteiger partial charge in [-0.1, -0.05) is 25.5 Å². The number of hydrogen-bond acceptors (Lipinski definition) is 2. The Morgan fingerprint density at radius 2 is 1.94 bits per heavy atom. The van der Waals surface area contributed by atoms with Crippen LogP contribution in [0.15, 0.2) is 28.7 Å². The van der Waals surface area contributed by atoms with Crippen LogP contribution in [0.1, 0.15) is 44.1 Å². The Kier molecular flexibility index (Phi) is 3.53. The number of benzene rings is 1. The molecule has 17 heavy (non-hydrogen) atoms. The number of aliphatic hydroxyl groups excluding tert-OH is 1. The quantitative estimate of drug-likeness (QED) is 0.856. The molecule has 1 atom stereocenters. The van der Waals surface area contributed by atoms with Crippen LogP contribution in [0.5, 0.6) is 0 Å². The average molecular weight is 232 g/mol. The van der Waals surface area contributed by atoms with E-state index in [0.717, 1.165) is 23.8 Å². The van der Waals surface area contributed by atoms with E-state index >= 15 is 0 Å². The maximum absolute atomic E-state index is 10.0. The van der Waals surface area contributed by atoms with Crippen molar-refractivity contribution in [3.05, 3.63) is 35.6 Å². The Labute approximate surface area is 102 Å². The molecule has 0 bridgehead atoms. The summed E-state index contributed by atoms with van der Waals surface area (Å²) in [6, 6.07) is 8.02. The molecule has 2 aromatic rings. The summed E-state index contributed by atoms with van der Waals surface area (Å²) in [6.07, 6.45) is 1.29. The smallest absolute Gasteiger partial charge is 0.134 e. The first-order chi connectivity index (χ1) is 8.06. The summed E-state index contributed by atoms with van der Waals surface area (Å²) < 4.78 is 5.67. The minimum absolute atomic E-state index is 0.481. The highest BCUT2D eigenvalue weighted by molar-refractivity contribution is 5.78. The predicted octanol–water partition coefficient (Wildman–Crippen LogP) is 4.21. The van der Waals surface area contributed by atoms with E-state index < -0.39 is 6.10 Å². The highest BCUT2D eigenvalue weighted by Gasteiger charge is 2.13. The van der Waals surface area contributed by atoms with Gasteiger partial charge >= 0.3 is 0 Å². The topological polar surface area (TPSA) is 33.4 Å². The van der Waals surface area contributed by atoms with Crippen LogP contribution in [0.3, 0.4) is 0 Å². The van der Waals surface area contributed by atoms with Crippen molar-refractivity contribution in [2.75, 3.05) is 0 Å². The van der Waals surface area contributed by atoms with Gasteiger partial charge in [-0.15, -0.1) is 0 Å². The van der Waals surface area contributed by atoms with Crippen molar-refractivity contribution in [2.45, 2.75) is 39.7 Å². The molecule has 2 rings (SSSR count). The zero-order chi connectivity index (χ0) is 12.4. The summed E-state index contributed by atoms with van der Waals surface area (Å²) in [5.74, 6) is 1.29. The van der Waals surface area contributed by atoms with Gasteiger partial charge < -0.3 is 9.52 Å². The first kappa shape index (κ1) is 12.2. The summed E-state index contributed by atoms with van der Waals surface area (Å²) in [5, 5.41) is 11.1. The van der Waals surface area contributed by atoms with Crippen LogP contribution in [-0.4, -0.2) is 5.11 Å². The Morgan fingerprint density at radius 3 is 2.65 bits per heavy atom. The predicted molar refractivity (Wildman–Crippen MR) is 70.0 cm³/mol. The number of aliphatic hydroxyl groups is 1. The third-order valence-electron chi connectivity index (χ3n) is 3.04. The molecule has 0 radical (unpaired) electrons. The van der Waals surface area contributed by atoms with Gasteiger partial charge in [0.25, 0.3) is 0 Å². The van der Waals surface area contributed by atoms with E-state index in [9.17, 15) is 5.11 Å². The van der Waals surface area contributed by atoms with Crippen molar-refractivity contribution >= 4 is 11.0 Å². The minimum atomic E-state index is -0.481. The lowest BCUT2D eigenvalue weighted by atomic mass is 10.0. The molecular formula is C15H20O2.